The molecule has 0 radical (unpaired) electrons. The maximum absolute atomic E-state index is 13.1. The number of benzene rings is 2. The molecule has 1 aliphatic heterocycles. The fraction of sp³-hybridized carbons (Fsp3) is 0.280. The fourth-order valence-corrected chi connectivity index (χ4v) is 4.46. The average Bonchev–Trinajstić information content (AvgIpc) is 3.49. The Kier molecular flexibility index (Phi) is 7.07. The van der Waals surface area contributed by atoms with Crippen molar-refractivity contribution in [3.05, 3.63) is 76.5 Å². The minimum absolute atomic E-state index is 0.0669. The van der Waals surface area contributed by atoms with Gasteiger partial charge in [0.15, 0.2) is 6.61 Å². The smallest absolute Gasteiger partial charge is 0.261 e. The number of methoxy groups -OCH3 is 1. The Bertz CT molecular complexity index is 1050. The van der Waals surface area contributed by atoms with E-state index in [0.717, 1.165) is 34.8 Å². The summed E-state index contributed by atoms with van der Waals surface area (Å²) in [5.41, 5.74) is 1.81. The average molecular weight is 451 g/mol. The third-order valence-electron chi connectivity index (χ3n) is 5.42. The third kappa shape index (κ3) is 5.29. The highest BCUT2D eigenvalue weighted by atomic mass is 32.1. The van der Waals surface area contributed by atoms with Crippen molar-refractivity contribution in [2.24, 2.45) is 0 Å². The molecule has 0 saturated carbocycles. The number of carbonyl (C=O) groups excluding carboxylic acids is 2. The van der Waals surface area contributed by atoms with E-state index < -0.39 is 0 Å². The molecule has 7 heteroatoms. The van der Waals surface area contributed by atoms with Gasteiger partial charge in [0.25, 0.3) is 5.91 Å². The lowest BCUT2D eigenvalue weighted by Gasteiger charge is -2.23. The summed E-state index contributed by atoms with van der Waals surface area (Å²) in [7, 11) is 1.63. The highest BCUT2D eigenvalue weighted by molar-refractivity contribution is 7.09. The standard InChI is InChI=1S/C25H26N2O4S/c1-30-23-8-3-2-6-19(23)16-26(17-22-7-5-15-32-22)25(29)18-31-21-12-10-20(11-13-21)27-14-4-9-24(27)28/h2-3,5-8,10-13,15H,4,9,14,16-18H2,1H3. The molecule has 4 rings (SSSR count). The molecule has 0 atom stereocenters. The van der Waals surface area contributed by atoms with E-state index in [1.807, 2.05) is 53.9 Å². The summed E-state index contributed by atoms with van der Waals surface area (Å²) in [5, 5.41) is 2.00. The van der Waals surface area contributed by atoms with Crippen molar-refractivity contribution in [3.63, 3.8) is 0 Å². The Hall–Kier alpha value is -3.32. The van der Waals surface area contributed by atoms with Crippen LogP contribution in [0.5, 0.6) is 11.5 Å². The molecule has 2 amide bonds. The second kappa shape index (κ2) is 10.3. The molecule has 1 aromatic heterocycles. The zero-order chi connectivity index (χ0) is 22.3. The van der Waals surface area contributed by atoms with E-state index in [2.05, 4.69) is 0 Å². The van der Waals surface area contributed by atoms with Crippen molar-refractivity contribution in [1.29, 1.82) is 0 Å². The molecule has 3 aromatic rings. The summed E-state index contributed by atoms with van der Waals surface area (Å²) in [6.07, 6.45) is 1.48. The molecular formula is C25H26N2O4S. The summed E-state index contributed by atoms with van der Waals surface area (Å²) < 4.78 is 11.2. The number of carbonyl (C=O) groups is 2. The van der Waals surface area contributed by atoms with E-state index >= 15 is 0 Å². The molecule has 0 N–H and O–H groups in total. The van der Waals surface area contributed by atoms with Gasteiger partial charge < -0.3 is 19.3 Å². The number of para-hydroxylation sites is 1. The molecule has 0 aliphatic carbocycles. The molecule has 0 unspecified atom stereocenters. The lowest BCUT2D eigenvalue weighted by molar-refractivity contribution is -0.134. The number of hydrogen-bond donors (Lipinski definition) is 0. The molecule has 166 valence electrons. The molecule has 2 heterocycles. The normalized spacial score (nSPS) is 13.3. The Balaban J connectivity index is 1.42. The van der Waals surface area contributed by atoms with Gasteiger partial charge in [-0.1, -0.05) is 24.3 Å². The molecule has 6 nitrogen and oxygen atoms in total. The number of amides is 2. The van der Waals surface area contributed by atoms with Gasteiger partial charge in [-0.05, 0) is 48.2 Å². The topological polar surface area (TPSA) is 59.1 Å². The van der Waals surface area contributed by atoms with Crippen LogP contribution in [0.4, 0.5) is 5.69 Å². The summed E-state index contributed by atoms with van der Waals surface area (Å²) in [6.45, 7) is 1.62. The van der Waals surface area contributed by atoms with Crippen molar-refractivity contribution in [3.8, 4) is 11.5 Å². The third-order valence-corrected chi connectivity index (χ3v) is 6.28. The van der Waals surface area contributed by atoms with Crippen LogP contribution in [-0.4, -0.2) is 37.0 Å². The minimum atomic E-state index is -0.108. The number of ether oxygens (including phenoxy) is 2. The van der Waals surface area contributed by atoms with Crippen molar-refractivity contribution in [1.82, 2.24) is 4.90 Å². The fourth-order valence-electron chi connectivity index (χ4n) is 3.74. The number of anilines is 1. The number of rotatable bonds is 9. The van der Waals surface area contributed by atoms with Crippen LogP contribution in [0.15, 0.2) is 66.0 Å². The summed E-state index contributed by atoms with van der Waals surface area (Å²) in [4.78, 5) is 29.7. The number of nitrogens with zero attached hydrogens (tertiary/aromatic N) is 2. The van der Waals surface area contributed by atoms with Gasteiger partial charge in [0.2, 0.25) is 5.91 Å². The van der Waals surface area contributed by atoms with E-state index in [-0.39, 0.29) is 18.4 Å². The van der Waals surface area contributed by atoms with E-state index in [1.165, 1.54) is 0 Å². The predicted octanol–water partition coefficient (Wildman–Crippen LogP) is 4.49. The van der Waals surface area contributed by atoms with Crippen LogP contribution in [-0.2, 0) is 22.7 Å². The quantitative estimate of drug-likeness (QED) is 0.482. The molecule has 0 bridgehead atoms. The van der Waals surface area contributed by atoms with Gasteiger partial charge in [0, 0.05) is 35.6 Å². The first-order valence-electron chi connectivity index (χ1n) is 10.6. The van der Waals surface area contributed by atoms with Crippen molar-refractivity contribution < 1.29 is 19.1 Å². The van der Waals surface area contributed by atoms with Gasteiger partial charge in [0.05, 0.1) is 13.7 Å². The number of thiophene rings is 1. The van der Waals surface area contributed by atoms with Crippen LogP contribution < -0.4 is 14.4 Å². The van der Waals surface area contributed by atoms with Crippen LogP contribution in [0, 0.1) is 0 Å². The predicted molar refractivity (Wildman–Crippen MR) is 125 cm³/mol. The van der Waals surface area contributed by atoms with Crippen LogP contribution in [0.1, 0.15) is 23.3 Å². The van der Waals surface area contributed by atoms with Gasteiger partial charge in [0.1, 0.15) is 11.5 Å². The second-order valence-electron chi connectivity index (χ2n) is 7.57. The first-order valence-corrected chi connectivity index (χ1v) is 11.5. The Labute approximate surface area is 192 Å². The largest absolute Gasteiger partial charge is 0.496 e. The van der Waals surface area contributed by atoms with E-state index in [0.29, 0.717) is 25.3 Å². The maximum atomic E-state index is 13.1. The summed E-state index contributed by atoms with van der Waals surface area (Å²) >= 11 is 1.62. The second-order valence-corrected chi connectivity index (χ2v) is 8.60. The molecule has 1 aliphatic rings. The monoisotopic (exact) mass is 450 g/mol. The zero-order valence-corrected chi connectivity index (χ0v) is 18.8. The van der Waals surface area contributed by atoms with Gasteiger partial charge in [-0.2, -0.15) is 0 Å². The SMILES string of the molecule is COc1ccccc1CN(Cc1cccs1)C(=O)COc1ccc(N2CCCC2=O)cc1. The highest BCUT2D eigenvalue weighted by Crippen LogP contribution is 2.25. The number of hydrogen-bond acceptors (Lipinski definition) is 5. The van der Waals surface area contributed by atoms with Crippen molar-refractivity contribution >= 4 is 28.8 Å². The molecular weight excluding hydrogens is 424 g/mol. The van der Waals surface area contributed by atoms with E-state index in [1.54, 1.807) is 40.4 Å². The lowest BCUT2D eigenvalue weighted by atomic mass is 10.2. The minimum Gasteiger partial charge on any atom is -0.496 e. The van der Waals surface area contributed by atoms with Crippen molar-refractivity contribution in [2.45, 2.75) is 25.9 Å². The Morgan fingerprint density at radius 2 is 1.88 bits per heavy atom. The molecule has 32 heavy (non-hydrogen) atoms. The first-order chi connectivity index (χ1) is 15.6. The molecule has 2 aromatic carbocycles. The van der Waals surface area contributed by atoms with E-state index in [9.17, 15) is 9.59 Å². The van der Waals surface area contributed by atoms with Crippen LogP contribution in [0.3, 0.4) is 0 Å². The lowest BCUT2D eigenvalue weighted by Crippen LogP contribution is -2.34. The zero-order valence-electron chi connectivity index (χ0n) is 18.0. The van der Waals surface area contributed by atoms with Crippen LogP contribution in [0.25, 0.3) is 0 Å². The van der Waals surface area contributed by atoms with Crippen LogP contribution in [0.2, 0.25) is 0 Å². The maximum Gasteiger partial charge on any atom is 0.261 e. The Morgan fingerprint density at radius 1 is 1.06 bits per heavy atom. The molecule has 1 fully saturated rings. The highest BCUT2D eigenvalue weighted by Gasteiger charge is 2.22. The van der Waals surface area contributed by atoms with E-state index in [4.69, 9.17) is 9.47 Å². The summed E-state index contributed by atoms with van der Waals surface area (Å²) in [5.74, 6) is 1.39. The first kappa shape index (κ1) is 21.9. The van der Waals surface area contributed by atoms with Gasteiger partial charge in [-0.25, -0.2) is 0 Å². The van der Waals surface area contributed by atoms with Crippen molar-refractivity contribution in [2.75, 3.05) is 25.2 Å². The Morgan fingerprint density at radius 3 is 2.56 bits per heavy atom. The molecule has 1 saturated heterocycles. The van der Waals surface area contributed by atoms with Gasteiger partial charge >= 0.3 is 0 Å². The molecule has 0 spiro atoms. The summed E-state index contributed by atoms with van der Waals surface area (Å²) in [6, 6.07) is 19.0. The van der Waals surface area contributed by atoms with Gasteiger partial charge in [-0.15, -0.1) is 11.3 Å². The van der Waals surface area contributed by atoms with Gasteiger partial charge in [-0.3, -0.25) is 9.59 Å². The van der Waals surface area contributed by atoms with Crippen LogP contribution >= 0.6 is 11.3 Å².